The van der Waals surface area contributed by atoms with E-state index in [-0.39, 0.29) is 5.41 Å². The standard InChI is InChI=1S/C16H19N3S/c1-16(2,11-17)9-5-6-10-20-15-13-7-3-4-8-14(13)18-12-19-15/h3-4,7-8,12H,5-6,9-10H2,1-2H3. The molecule has 2 aromatic rings. The van der Waals surface area contributed by atoms with Gasteiger partial charge < -0.3 is 0 Å². The van der Waals surface area contributed by atoms with Crippen LogP contribution < -0.4 is 0 Å². The van der Waals surface area contributed by atoms with Crippen molar-refractivity contribution in [3.05, 3.63) is 30.6 Å². The number of aromatic nitrogens is 2. The normalized spacial score (nSPS) is 11.4. The lowest BCUT2D eigenvalue weighted by molar-refractivity contribution is 0.433. The fraction of sp³-hybridized carbons (Fsp3) is 0.438. The third-order valence-electron chi connectivity index (χ3n) is 3.24. The second kappa shape index (κ2) is 6.71. The Morgan fingerprint density at radius 1 is 1.20 bits per heavy atom. The van der Waals surface area contributed by atoms with Gasteiger partial charge in [0.1, 0.15) is 11.4 Å². The van der Waals surface area contributed by atoms with E-state index in [1.807, 2.05) is 32.0 Å². The quantitative estimate of drug-likeness (QED) is 0.447. The Labute approximate surface area is 124 Å². The van der Waals surface area contributed by atoms with Crippen molar-refractivity contribution in [3.8, 4) is 6.07 Å². The number of benzene rings is 1. The average molecular weight is 285 g/mol. The highest BCUT2D eigenvalue weighted by molar-refractivity contribution is 7.99. The van der Waals surface area contributed by atoms with E-state index in [1.54, 1.807) is 18.1 Å². The molecular formula is C16H19N3S. The van der Waals surface area contributed by atoms with Crippen molar-refractivity contribution in [3.63, 3.8) is 0 Å². The highest BCUT2D eigenvalue weighted by atomic mass is 32.2. The van der Waals surface area contributed by atoms with Crippen LogP contribution in [0.4, 0.5) is 0 Å². The molecule has 1 aromatic carbocycles. The summed E-state index contributed by atoms with van der Waals surface area (Å²) in [5.74, 6) is 1.03. The lowest BCUT2D eigenvalue weighted by atomic mass is 9.89. The summed E-state index contributed by atoms with van der Waals surface area (Å²) < 4.78 is 0. The van der Waals surface area contributed by atoms with Gasteiger partial charge in [0.2, 0.25) is 0 Å². The number of para-hydroxylation sites is 1. The van der Waals surface area contributed by atoms with Crippen LogP contribution in [0.25, 0.3) is 10.9 Å². The predicted molar refractivity (Wildman–Crippen MR) is 83.5 cm³/mol. The first-order valence-electron chi connectivity index (χ1n) is 6.86. The summed E-state index contributed by atoms with van der Waals surface area (Å²) in [4.78, 5) is 8.64. The third kappa shape index (κ3) is 3.94. The van der Waals surface area contributed by atoms with Gasteiger partial charge in [-0.05, 0) is 38.5 Å². The van der Waals surface area contributed by atoms with Gasteiger partial charge >= 0.3 is 0 Å². The number of fused-ring (bicyclic) bond motifs is 1. The van der Waals surface area contributed by atoms with E-state index < -0.39 is 0 Å². The van der Waals surface area contributed by atoms with E-state index in [0.717, 1.165) is 40.9 Å². The van der Waals surface area contributed by atoms with Crippen molar-refractivity contribution in [2.75, 3.05) is 5.75 Å². The van der Waals surface area contributed by atoms with Gasteiger partial charge in [-0.1, -0.05) is 24.6 Å². The van der Waals surface area contributed by atoms with Crippen LogP contribution in [0.15, 0.2) is 35.6 Å². The maximum absolute atomic E-state index is 8.97. The smallest absolute Gasteiger partial charge is 0.117 e. The molecule has 0 aliphatic rings. The lowest BCUT2D eigenvalue weighted by Gasteiger charge is -2.14. The highest BCUT2D eigenvalue weighted by Crippen LogP contribution is 2.27. The Morgan fingerprint density at radius 2 is 2.00 bits per heavy atom. The predicted octanol–water partition coefficient (Wildman–Crippen LogP) is 4.44. The summed E-state index contributed by atoms with van der Waals surface area (Å²) in [6.45, 7) is 4.00. The summed E-state index contributed by atoms with van der Waals surface area (Å²) in [6.07, 6.45) is 4.77. The van der Waals surface area contributed by atoms with Crippen LogP contribution in [0, 0.1) is 16.7 Å². The number of nitriles is 1. The molecular weight excluding hydrogens is 266 g/mol. The Hall–Kier alpha value is -1.60. The van der Waals surface area contributed by atoms with Crippen LogP contribution in [0.3, 0.4) is 0 Å². The van der Waals surface area contributed by atoms with Gasteiger partial charge in [0.25, 0.3) is 0 Å². The number of unbranched alkanes of at least 4 members (excludes halogenated alkanes) is 1. The van der Waals surface area contributed by atoms with E-state index in [0.29, 0.717) is 0 Å². The van der Waals surface area contributed by atoms with Crippen molar-refractivity contribution in [2.24, 2.45) is 5.41 Å². The van der Waals surface area contributed by atoms with Crippen molar-refractivity contribution in [1.29, 1.82) is 5.26 Å². The van der Waals surface area contributed by atoms with Gasteiger partial charge in [-0.25, -0.2) is 9.97 Å². The molecule has 0 atom stereocenters. The van der Waals surface area contributed by atoms with Gasteiger partial charge in [0, 0.05) is 5.39 Å². The summed E-state index contributed by atoms with van der Waals surface area (Å²) in [6, 6.07) is 10.4. The molecule has 0 fully saturated rings. The van der Waals surface area contributed by atoms with Crippen LogP contribution in [0.1, 0.15) is 33.1 Å². The first-order valence-corrected chi connectivity index (χ1v) is 7.85. The van der Waals surface area contributed by atoms with Crippen LogP contribution in [0.2, 0.25) is 0 Å². The zero-order valence-corrected chi connectivity index (χ0v) is 12.8. The third-order valence-corrected chi connectivity index (χ3v) is 4.34. The fourth-order valence-electron chi connectivity index (χ4n) is 1.99. The van der Waals surface area contributed by atoms with Crippen LogP contribution >= 0.6 is 11.8 Å². The molecule has 1 heterocycles. The summed E-state index contributed by atoms with van der Waals surface area (Å²) in [5.41, 5.74) is 0.794. The largest absolute Gasteiger partial charge is 0.236 e. The molecule has 20 heavy (non-hydrogen) atoms. The molecule has 0 amide bonds. The van der Waals surface area contributed by atoms with E-state index in [2.05, 4.69) is 22.1 Å². The van der Waals surface area contributed by atoms with Crippen LogP contribution in [-0.4, -0.2) is 15.7 Å². The number of hydrogen-bond acceptors (Lipinski definition) is 4. The molecule has 0 saturated carbocycles. The Morgan fingerprint density at radius 3 is 2.80 bits per heavy atom. The summed E-state index contributed by atoms with van der Waals surface area (Å²) in [7, 11) is 0. The molecule has 1 aromatic heterocycles. The summed E-state index contributed by atoms with van der Waals surface area (Å²) in [5, 5.41) is 11.1. The molecule has 104 valence electrons. The number of hydrogen-bond donors (Lipinski definition) is 0. The van der Waals surface area contributed by atoms with Crippen LogP contribution in [0.5, 0.6) is 0 Å². The molecule has 4 heteroatoms. The maximum atomic E-state index is 8.97. The Bertz CT molecular complexity index is 611. The maximum Gasteiger partial charge on any atom is 0.117 e. The van der Waals surface area contributed by atoms with Crippen molar-refractivity contribution in [1.82, 2.24) is 9.97 Å². The van der Waals surface area contributed by atoms with Gasteiger partial charge in [-0.3, -0.25) is 0 Å². The van der Waals surface area contributed by atoms with E-state index in [4.69, 9.17) is 5.26 Å². The molecule has 0 spiro atoms. The number of thioether (sulfide) groups is 1. The van der Waals surface area contributed by atoms with Gasteiger partial charge in [-0.2, -0.15) is 5.26 Å². The first-order chi connectivity index (χ1) is 9.62. The molecule has 2 rings (SSSR count). The molecule has 0 aliphatic carbocycles. The molecule has 0 radical (unpaired) electrons. The SMILES string of the molecule is CC(C)(C#N)CCCCSc1ncnc2ccccc12. The second-order valence-electron chi connectivity index (χ2n) is 5.50. The zero-order chi connectivity index (χ0) is 14.4. The van der Waals surface area contributed by atoms with Crippen molar-refractivity contribution < 1.29 is 0 Å². The highest BCUT2D eigenvalue weighted by Gasteiger charge is 2.15. The first kappa shape index (κ1) is 14.8. The Kier molecular flexibility index (Phi) is 4.97. The van der Waals surface area contributed by atoms with Crippen LogP contribution in [-0.2, 0) is 0 Å². The molecule has 0 N–H and O–H groups in total. The minimum atomic E-state index is -0.202. The molecule has 0 unspecified atom stereocenters. The topological polar surface area (TPSA) is 49.6 Å². The van der Waals surface area contributed by atoms with Gasteiger partial charge in [0.05, 0.1) is 17.0 Å². The van der Waals surface area contributed by atoms with Gasteiger partial charge in [0.15, 0.2) is 0 Å². The lowest BCUT2D eigenvalue weighted by Crippen LogP contribution is -2.07. The fourth-order valence-corrected chi connectivity index (χ4v) is 2.98. The molecule has 0 aliphatic heterocycles. The molecule has 0 saturated heterocycles. The average Bonchev–Trinajstić information content (AvgIpc) is 2.47. The Balaban J connectivity index is 1.86. The van der Waals surface area contributed by atoms with E-state index in [1.165, 1.54) is 0 Å². The number of rotatable bonds is 6. The van der Waals surface area contributed by atoms with Gasteiger partial charge in [-0.15, -0.1) is 11.8 Å². The number of nitrogens with zero attached hydrogens (tertiary/aromatic N) is 3. The van der Waals surface area contributed by atoms with Crippen molar-refractivity contribution >= 4 is 22.7 Å². The summed E-state index contributed by atoms with van der Waals surface area (Å²) >= 11 is 1.77. The zero-order valence-electron chi connectivity index (χ0n) is 12.0. The van der Waals surface area contributed by atoms with E-state index in [9.17, 15) is 0 Å². The minimum absolute atomic E-state index is 0.202. The molecule has 0 bridgehead atoms. The van der Waals surface area contributed by atoms with Crippen molar-refractivity contribution in [2.45, 2.75) is 38.1 Å². The second-order valence-corrected chi connectivity index (χ2v) is 6.58. The van der Waals surface area contributed by atoms with E-state index >= 15 is 0 Å². The monoisotopic (exact) mass is 285 g/mol. The molecule has 3 nitrogen and oxygen atoms in total. The minimum Gasteiger partial charge on any atom is -0.236 e.